The summed E-state index contributed by atoms with van der Waals surface area (Å²) in [6.07, 6.45) is 7.40. The van der Waals surface area contributed by atoms with Crippen molar-refractivity contribution in [2.75, 3.05) is 0 Å². The first-order valence-electron chi connectivity index (χ1n) is 5.64. The summed E-state index contributed by atoms with van der Waals surface area (Å²) < 4.78 is 0. The minimum atomic E-state index is -0.136. The summed E-state index contributed by atoms with van der Waals surface area (Å²) in [4.78, 5) is 0. The number of rotatable bonds is 4. The topological polar surface area (TPSA) is 20.2 Å². The minimum absolute atomic E-state index is 0.136. The summed E-state index contributed by atoms with van der Waals surface area (Å²) in [7, 11) is 0. The molecule has 0 saturated carbocycles. The van der Waals surface area contributed by atoms with Gasteiger partial charge in [0.1, 0.15) is 0 Å². The lowest BCUT2D eigenvalue weighted by atomic mass is 9.84. The van der Waals surface area contributed by atoms with Crippen LogP contribution < -0.4 is 0 Å². The molecule has 0 bridgehead atoms. The van der Waals surface area contributed by atoms with Gasteiger partial charge in [0.15, 0.2) is 0 Å². The summed E-state index contributed by atoms with van der Waals surface area (Å²) in [6, 6.07) is 0. The quantitative estimate of drug-likeness (QED) is 0.680. The largest absolute Gasteiger partial charge is 0.393 e. The van der Waals surface area contributed by atoms with Gasteiger partial charge < -0.3 is 5.11 Å². The first kappa shape index (κ1) is 11.5. The number of aliphatic hydroxyl groups is 1. The molecule has 1 N–H and O–H groups in total. The Morgan fingerprint density at radius 1 is 1.71 bits per heavy atom. The van der Waals surface area contributed by atoms with Crippen LogP contribution in [-0.2, 0) is 0 Å². The fraction of sp³-hybridized carbons (Fsp3) is 0.692. The number of hydrogen-bond acceptors (Lipinski definition) is 1. The van der Waals surface area contributed by atoms with Crippen LogP contribution in [0.1, 0.15) is 46.0 Å². The van der Waals surface area contributed by atoms with Crippen LogP contribution in [0.25, 0.3) is 0 Å². The summed E-state index contributed by atoms with van der Waals surface area (Å²) in [5, 5.41) is 9.53. The highest BCUT2D eigenvalue weighted by atomic mass is 16.3. The van der Waals surface area contributed by atoms with Gasteiger partial charge in [0.25, 0.3) is 0 Å². The zero-order valence-electron chi connectivity index (χ0n) is 9.42. The Balaban J connectivity index is 2.41. The Bertz CT molecular complexity index is 227. The summed E-state index contributed by atoms with van der Waals surface area (Å²) in [6.45, 7) is 8.15. The first-order valence-corrected chi connectivity index (χ1v) is 5.64. The maximum atomic E-state index is 9.53. The average Bonchev–Trinajstić information content (AvgIpc) is 2.18. The second kappa shape index (κ2) is 5.35. The fourth-order valence-electron chi connectivity index (χ4n) is 1.97. The van der Waals surface area contributed by atoms with Gasteiger partial charge in [0.2, 0.25) is 0 Å². The molecule has 0 fully saturated rings. The number of allylic oxidation sites excluding steroid dienone is 2. The van der Waals surface area contributed by atoms with Crippen molar-refractivity contribution in [3.05, 3.63) is 23.8 Å². The van der Waals surface area contributed by atoms with Gasteiger partial charge in [-0.2, -0.15) is 0 Å². The Morgan fingerprint density at radius 3 is 2.86 bits per heavy atom. The second-order valence-electron chi connectivity index (χ2n) is 4.45. The van der Waals surface area contributed by atoms with Crippen LogP contribution in [0.15, 0.2) is 23.8 Å². The van der Waals surface area contributed by atoms with E-state index in [1.807, 2.05) is 6.92 Å². The minimum Gasteiger partial charge on any atom is -0.393 e. The van der Waals surface area contributed by atoms with Gasteiger partial charge in [-0.3, -0.25) is 0 Å². The normalized spacial score (nSPS) is 24.2. The lowest BCUT2D eigenvalue weighted by molar-refractivity contribution is 0.168. The third kappa shape index (κ3) is 3.30. The van der Waals surface area contributed by atoms with Crippen LogP contribution in [-0.4, -0.2) is 11.2 Å². The van der Waals surface area contributed by atoms with Crippen LogP contribution >= 0.6 is 0 Å². The molecular formula is C13H22O. The molecule has 0 heterocycles. The highest BCUT2D eigenvalue weighted by molar-refractivity contribution is 5.12. The Hall–Kier alpha value is -0.560. The second-order valence-corrected chi connectivity index (χ2v) is 4.45. The van der Waals surface area contributed by atoms with Gasteiger partial charge in [-0.1, -0.05) is 30.7 Å². The predicted octanol–water partition coefficient (Wildman–Crippen LogP) is 3.45. The van der Waals surface area contributed by atoms with Gasteiger partial charge in [0.05, 0.1) is 6.10 Å². The van der Waals surface area contributed by atoms with E-state index in [4.69, 9.17) is 0 Å². The van der Waals surface area contributed by atoms with E-state index in [0.29, 0.717) is 5.92 Å². The molecule has 0 saturated heterocycles. The highest BCUT2D eigenvalue weighted by Gasteiger charge is 2.16. The maximum absolute atomic E-state index is 9.53. The van der Waals surface area contributed by atoms with E-state index in [1.54, 1.807) is 0 Å². The van der Waals surface area contributed by atoms with Crippen molar-refractivity contribution < 1.29 is 5.11 Å². The molecule has 1 nitrogen and oxygen atoms in total. The van der Waals surface area contributed by atoms with E-state index in [9.17, 15) is 5.11 Å². The van der Waals surface area contributed by atoms with Crippen molar-refractivity contribution in [3.63, 3.8) is 0 Å². The third-order valence-corrected chi connectivity index (χ3v) is 3.17. The molecule has 0 aromatic heterocycles. The van der Waals surface area contributed by atoms with E-state index in [1.165, 1.54) is 17.6 Å². The molecule has 0 radical (unpaired) electrons. The van der Waals surface area contributed by atoms with Crippen LogP contribution in [0.5, 0.6) is 0 Å². The van der Waals surface area contributed by atoms with Gasteiger partial charge in [0, 0.05) is 0 Å². The molecule has 1 heteroatoms. The molecule has 1 rings (SSSR count). The third-order valence-electron chi connectivity index (χ3n) is 3.17. The zero-order valence-corrected chi connectivity index (χ0v) is 9.42. The van der Waals surface area contributed by atoms with Gasteiger partial charge >= 0.3 is 0 Å². The van der Waals surface area contributed by atoms with E-state index in [-0.39, 0.29) is 6.10 Å². The van der Waals surface area contributed by atoms with E-state index in [0.717, 1.165) is 25.7 Å². The van der Waals surface area contributed by atoms with Crippen molar-refractivity contribution in [2.24, 2.45) is 5.92 Å². The monoisotopic (exact) mass is 194 g/mol. The molecule has 0 aromatic rings. The predicted molar refractivity (Wildman–Crippen MR) is 61.2 cm³/mol. The lowest BCUT2D eigenvalue weighted by Gasteiger charge is -2.23. The van der Waals surface area contributed by atoms with E-state index in [2.05, 4.69) is 19.6 Å². The molecule has 1 unspecified atom stereocenters. The Kier molecular flexibility index (Phi) is 4.40. The van der Waals surface area contributed by atoms with Gasteiger partial charge in [-0.05, 0) is 44.9 Å². The lowest BCUT2D eigenvalue weighted by Crippen LogP contribution is -2.11. The standard InChI is InChI=1S/C13H22O/c1-4-13(14)9-11-5-7-12(8-6-11)10(2)3/h5,12-14H,2,4,6-9H2,1,3H3/t12-,13?/m1/s1. The van der Waals surface area contributed by atoms with Crippen LogP contribution in [0.4, 0.5) is 0 Å². The first-order chi connectivity index (χ1) is 6.63. The van der Waals surface area contributed by atoms with Crippen molar-refractivity contribution in [1.82, 2.24) is 0 Å². The number of aliphatic hydroxyl groups excluding tert-OH is 1. The molecule has 80 valence electrons. The summed E-state index contributed by atoms with van der Waals surface area (Å²) >= 11 is 0. The molecule has 0 aromatic carbocycles. The highest BCUT2D eigenvalue weighted by Crippen LogP contribution is 2.30. The van der Waals surface area contributed by atoms with Crippen LogP contribution in [0.2, 0.25) is 0 Å². The fourth-order valence-corrected chi connectivity index (χ4v) is 1.97. The zero-order chi connectivity index (χ0) is 10.6. The van der Waals surface area contributed by atoms with Crippen molar-refractivity contribution in [3.8, 4) is 0 Å². The van der Waals surface area contributed by atoms with E-state index < -0.39 is 0 Å². The SMILES string of the molecule is C=C(C)[C@@H]1CC=C(CC(O)CC)CC1. The molecule has 1 aliphatic carbocycles. The molecule has 14 heavy (non-hydrogen) atoms. The van der Waals surface area contributed by atoms with Crippen LogP contribution in [0.3, 0.4) is 0 Å². The summed E-state index contributed by atoms with van der Waals surface area (Å²) in [5.74, 6) is 0.678. The molecule has 2 atom stereocenters. The van der Waals surface area contributed by atoms with Crippen molar-refractivity contribution in [2.45, 2.75) is 52.1 Å². The molecule has 0 aliphatic heterocycles. The molecule has 1 aliphatic rings. The van der Waals surface area contributed by atoms with Crippen molar-refractivity contribution in [1.29, 1.82) is 0 Å². The van der Waals surface area contributed by atoms with Gasteiger partial charge in [-0.25, -0.2) is 0 Å². The number of hydrogen-bond donors (Lipinski definition) is 1. The summed E-state index contributed by atoms with van der Waals surface area (Å²) in [5.41, 5.74) is 2.74. The van der Waals surface area contributed by atoms with Gasteiger partial charge in [-0.15, -0.1) is 0 Å². The van der Waals surface area contributed by atoms with Crippen LogP contribution in [0, 0.1) is 5.92 Å². The van der Waals surface area contributed by atoms with E-state index >= 15 is 0 Å². The maximum Gasteiger partial charge on any atom is 0.0574 e. The Labute approximate surface area is 87.5 Å². The smallest absolute Gasteiger partial charge is 0.0574 e. The Morgan fingerprint density at radius 2 is 2.43 bits per heavy atom. The molecule has 0 spiro atoms. The van der Waals surface area contributed by atoms with Crippen molar-refractivity contribution >= 4 is 0 Å². The molecule has 0 amide bonds. The average molecular weight is 194 g/mol. The molecular weight excluding hydrogens is 172 g/mol.